The molecule has 5 nitrogen and oxygen atoms in total. The van der Waals surface area contributed by atoms with Crippen molar-refractivity contribution in [2.24, 2.45) is 0 Å². The Balaban J connectivity index is 1.57. The normalized spacial score (nSPS) is 14.4. The Kier molecular flexibility index (Phi) is 7.82. The third kappa shape index (κ3) is 6.05. The fourth-order valence-electron chi connectivity index (χ4n) is 3.76. The highest BCUT2D eigenvalue weighted by molar-refractivity contribution is 5.97. The van der Waals surface area contributed by atoms with E-state index in [1.807, 2.05) is 25.1 Å². The lowest BCUT2D eigenvalue weighted by molar-refractivity contribution is -0.126. The molecule has 1 saturated heterocycles. The zero-order chi connectivity index (χ0) is 21.3. The SMILES string of the molecule is CCCC(NC(=O)CCc1ccccc1F)C(=O)Nc1cccc(N2CCCC2)c1. The van der Waals surface area contributed by atoms with E-state index in [-0.39, 0.29) is 24.1 Å². The minimum Gasteiger partial charge on any atom is -0.371 e. The van der Waals surface area contributed by atoms with Crippen molar-refractivity contribution in [2.45, 2.75) is 51.5 Å². The fourth-order valence-corrected chi connectivity index (χ4v) is 3.76. The molecule has 0 spiro atoms. The van der Waals surface area contributed by atoms with E-state index in [2.05, 4.69) is 21.6 Å². The number of benzene rings is 2. The van der Waals surface area contributed by atoms with E-state index < -0.39 is 6.04 Å². The predicted molar refractivity (Wildman–Crippen MR) is 118 cm³/mol. The smallest absolute Gasteiger partial charge is 0.246 e. The van der Waals surface area contributed by atoms with Crippen LogP contribution in [0, 0.1) is 5.82 Å². The first-order valence-corrected chi connectivity index (χ1v) is 10.8. The third-order valence-electron chi connectivity index (χ3n) is 5.39. The lowest BCUT2D eigenvalue weighted by Crippen LogP contribution is -2.43. The minimum atomic E-state index is -0.612. The number of rotatable bonds is 9. The second kappa shape index (κ2) is 10.8. The van der Waals surface area contributed by atoms with Crippen LogP contribution in [0.5, 0.6) is 0 Å². The number of nitrogens with zero attached hydrogens (tertiary/aromatic N) is 1. The van der Waals surface area contributed by atoms with Gasteiger partial charge in [0.15, 0.2) is 0 Å². The molecule has 1 fully saturated rings. The van der Waals surface area contributed by atoms with Gasteiger partial charge in [-0.25, -0.2) is 4.39 Å². The summed E-state index contributed by atoms with van der Waals surface area (Å²) in [6.45, 7) is 4.04. The zero-order valence-electron chi connectivity index (χ0n) is 17.5. The van der Waals surface area contributed by atoms with Crippen LogP contribution in [0.2, 0.25) is 0 Å². The largest absolute Gasteiger partial charge is 0.371 e. The van der Waals surface area contributed by atoms with Gasteiger partial charge in [-0.2, -0.15) is 0 Å². The molecule has 2 amide bonds. The molecule has 2 aromatic carbocycles. The van der Waals surface area contributed by atoms with E-state index in [0.717, 1.165) is 30.9 Å². The van der Waals surface area contributed by atoms with Gasteiger partial charge in [0, 0.05) is 30.9 Å². The molecular formula is C24H30FN3O2. The summed E-state index contributed by atoms with van der Waals surface area (Å²) < 4.78 is 13.7. The maximum atomic E-state index is 13.7. The Labute approximate surface area is 177 Å². The van der Waals surface area contributed by atoms with Gasteiger partial charge in [0.05, 0.1) is 0 Å². The molecule has 0 saturated carbocycles. The van der Waals surface area contributed by atoms with Gasteiger partial charge in [-0.05, 0) is 55.5 Å². The van der Waals surface area contributed by atoms with E-state index in [1.54, 1.807) is 18.2 Å². The standard InChI is InChI=1S/C24H30FN3O2/c1-2-8-22(27-23(29)14-13-18-9-3-4-12-21(18)25)24(30)26-19-10-7-11-20(17-19)28-15-5-6-16-28/h3-4,7,9-12,17,22H,2,5-6,8,13-16H2,1H3,(H,26,30)(H,27,29). The molecule has 3 rings (SSSR count). The summed E-state index contributed by atoms with van der Waals surface area (Å²) in [7, 11) is 0. The van der Waals surface area contributed by atoms with Crippen LogP contribution < -0.4 is 15.5 Å². The average molecular weight is 412 g/mol. The number of aryl methyl sites for hydroxylation is 1. The first-order chi connectivity index (χ1) is 14.6. The second-order valence-electron chi connectivity index (χ2n) is 7.73. The van der Waals surface area contributed by atoms with E-state index in [0.29, 0.717) is 18.4 Å². The van der Waals surface area contributed by atoms with Crippen LogP contribution in [0.1, 0.15) is 44.6 Å². The van der Waals surface area contributed by atoms with Crippen LogP contribution in [-0.4, -0.2) is 30.9 Å². The summed E-state index contributed by atoms with van der Waals surface area (Å²) in [5, 5.41) is 5.75. The minimum absolute atomic E-state index is 0.138. The fraction of sp³-hybridized carbons (Fsp3) is 0.417. The van der Waals surface area contributed by atoms with Crippen molar-refractivity contribution in [1.29, 1.82) is 0 Å². The van der Waals surface area contributed by atoms with Crippen LogP contribution in [-0.2, 0) is 16.0 Å². The number of halogens is 1. The Morgan fingerprint density at radius 1 is 1.10 bits per heavy atom. The number of hydrogen-bond donors (Lipinski definition) is 2. The van der Waals surface area contributed by atoms with Gasteiger partial charge in [0.2, 0.25) is 11.8 Å². The number of amides is 2. The first-order valence-electron chi connectivity index (χ1n) is 10.8. The topological polar surface area (TPSA) is 61.4 Å². The molecule has 1 aliphatic rings. The molecule has 2 aromatic rings. The molecule has 1 atom stereocenters. The number of anilines is 2. The van der Waals surface area contributed by atoms with E-state index in [9.17, 15) is 14.0 Å². The molecule has 30 heavy (non-hydrogen) atoms. The van der Waals surface area contributed by atoms with Crippen molar-refractivity contribution in [3.63, 3.8) is 0 Å². The van der Waals surface area contributed by atoms with Gasteiger partial charge in [-0.3, -0.25) is 9.59 Å². The molecule has 0 bridgehead atoms. The number of nitrogens with one attached hydrogen (secondary N) is 2. The molecule has 1 aliphatic heterocycles. The predicted octanol–water partition coefficient (Wildman–Crippen LogP) is 4.28. The monoisotopic (exact) mass is 411 g/mol. The number of hydrogen-bond acceptors (Lipinski definition) is 3. The van der Waals surface area contributed by atoms with Crippen molar-refractivity contribution in [2.75, 3.05) is 23.3 Å². The summed E-state index contributed by atoms with van der Waals surface area (Å²) >= 11 is 0. The lowest BCUT2D eigenvalue weighted by Gasteiger charge is -2.20. The average Bonchev–Trinajstić information content (AvgIpc) is 3.28. The molecule has 0 aromatic heterocycles. The number of carbonyl (C=O) groups is 2. The molecular weight excluding hydrogens is 381 g/mol. The van der Waals surface area contributed by atoms with Crippen LogP contribution in [0.15, 0.2) is 48.5 Å². The molecule has 6 heteroatoms. The Bertz CT molecular complexity index is 865. The van der Waals surface area contributed by atoms with Crippen molar-refractivity contribution in [1.82, 2.24) is 5.32 Å². The quantitative estimate of drug-likeness (QED) is 0.647. The zero-order valence-corrected chi connectivity index (χ0v) is 17.5. The maximum absolute atomic E-state index is 13.7. The summed E-state index contributed by atoms with van der Waals surface area (Å²) in [6.07, 6.45) is 4.13. The van der Waals surface area contributed by atoms with Gasteiger partial charge in [0.25, 0.3) is 0 Å². The van der Waals surface area contributed by atoms with Crippen LogP contribution >= 0.6 is 0 Å². The summed E-state index contributed by atoms with van der Waals surface area (Å²) in [6, 6.07) is 13.6. The summed E-state index contributed by atoms with van der Waals surface area (Å²) in [5.74, 6) is -0.793. The third-order valence-corrected chi connectivity index (χ3v) is 5.39. The van der Waals surface area contributed by atoms with Gasteiger partial charge in [0.1, 0.15) is 11.9 Å². The second-order valence-corrected chi connectivity index (χ2v) is 7.73. The van der Waals surface area contributed by atoms with Gasteiger partial charge in [-0.1, -0.05) is 37.6 Å². The highest BCUT2D eigenvalue weighted by Gasteiger charge is 2.21. The molecule has 1 unspecified atom stereocenters. The van der Waals surface area contributed by atoms with Crippen LogP contribution in [0.4, 0.5) is 15.8 Å². The first kappa shape index (κ1) is 21.8. The van der Waals surface area contributed by atoms with Crippen LogP contribution in [0.25, 0.3) is 0 Å². The van der Waals surface area contributed by atoms with E-state index >= 15 is 0 Å². The van der Waals surface area contributed by atoms with Gasteiger partial charge < -0.3 is 15.5 Å². The highest BCUT2D eigenvalue weighted by atomic mass is 19.1. The van der Waals surface area contributed by atoms with Crippen molar-refractivity contribution in [3.05, 3.63) is 59.9 Å². The highest BCUT2D eigenvalue weighted by Crippen LogP contribution is 2.23. The molecule has 160 valence electrons. The van der Waals surface area contributed by atoms with E-state index in [1.165, 1.54) is 18.9 Å². The van der Waals surface area contributed by atoms with Crippen LogP contribution in [0.3, 0.4) is 0 Å². The Morgan fingerprint density at radius 3 is 2.60 bits per heavy atom. The number of carbonyl (C=O) groups excluding carboxylic acids is 2. The Morgan fingerprint density at radius 2 is 1.87 bits per heavy atom. The molecule has 2 N–H and O–H groups in total. The lowest BCUT2D eigenvalue weighted by atomic mass is 10.1. The maximum Gasteiger partial charge on any atom is 0.246 e. The Hall–Kier alpha value is -2.89. The van der Waals surface area contributed by atoms with Crippen molar-refractivity contribution in [3.8, 4) is 0 Å². The summed E-state index contributed by atoms with van der Waals surface area (Å²) in [4.78, 5) is 27.5. The molecule has 0 radical (unpaired) electrons. The van der Waals surface area contributed by atoms with E-state index in [4.69, 9.17) is 0 Å². The van der Waals surface area contributed by atoms with Gasteiger partial charge in [-0.15, -0.1) is 0 Å². The summed E-state index contributed by atoms with van der Waals surface area (Å²) in [5.41, 5.74) is 2.33. The van der Waals surface area contributed by atoms with Crippen molar-refractivity contribution < 1.29 is 14.0 Å². The van der Waals surface area contributed by atoms with Gasteiger partial charge >= 0.3 is 0 Å². The molecule has 0 aliphatic carbocycles. The molecule has 1 heterocycles. The van der Waals surface area contributed by atoms with Crippen molar-refractivity contribution >= 4 is 23.2 Å².